The average Bonchev–Trinajstić information content (AvgIpc) is 2.14. The Morgan fingerprint density at radius 2 is 2.57 bits per heavy atom. The summed E-state index contributed by atoms with van der Waals surface area (Å²) in [6.07, 6.45) is 1.79. The fourth-order valence-electron chi connectivity index (χ4n) is 0.400. The van der Waals surface area contributed by atoms with Crippen molar-refractivity contribution in [3.63, 3.8) is 0 Å². The van der Waals surface area contributed by atoms with E-state index in [1.54, 1.807) is 6.20 Å². The van der Waals surface area contributed by atoms with Gasteiger partial charge in [0, 0.05) is 11.5 Å². The van der Waals surface area contributed by atoms with Gasteiger partial charge >= 0.3 is 0 Å². The summed E-state index contributed by atoms with van der Waals surface area (Å²) in [4.78, 5) is 11.3. The first-order valence-corrected chi connectivity index (χ1v) is 2.91. The minimum Gasteiger partial charge on any atom is -0.427 e. The van der Waals surface area contributed by atoms with Gasteiger partial charge in [-0.1, -0.05) is 0 Å². The fourth-order valence-corrected chi connectivity index (χ4v) is 0.719. The number of H-pyrrole nitrogens is 1. The maximum Gasteiger partial charge on any atom is 0.284 e. The summed E-state index contributed by atoms with van der Waals surface area (Å²) in [6, 6.07) is 3.71. The van der Waals surface area contributed by atoms with Crippen molar-refractivity contribution in [3.05, 3.63) is 18.3 Å². The van der Waals surface area contributed by atoms with Crippen molar-refractivity contribution in [2.45, 2.75) is 0 Å². The van der Waals surface area contributed by atoms with Crippen LogP contribution in [-0.2, 0) is 0 Å². The quantitative estimate of drug-likeness (QED) is 0.460. The smallest absolute Gasteiger partial charge is 0.284 e. The molecule has 0 aliphatic rings. The van der Waals surface area contributed by atoms with Crippen molar-refractivity contribution in [2.75, 3.05) is 0 Å². The Kier molecular flexibility index (Phi) is 1.28. The second-order valence-electron chi connectivity index (χ2n) is 1.20. The zero-order valence-corrected chi connectivity index (χ0v) is 4.68. The van der Waals surface area contributed by atoms with Crippen LogP contribution in [0.2, 0.25) is 0 Å². The highest BCUT2D eigenvalue weighted by Crippen LogP contribution is 1.70. The molecule has 3 heteroatoms. The van der Waals surface area contributed by atoms with Crippen LogP contribution in [0.15, 0.2) is 18.3 Å². The molecule has 0 fully saturated rings. The van der Waals surface area contributed by atoms with Crippen LogP contribution in [0, 0.1) is 0 Å². The van der Waals surface area contributed by atoms with Gasteiger partial charge in [-0.25, -0.2) is 0 Å². The van der Waals surface area contributed by atoms with Gasteiger partial charge in [-0.2, -0.15) is 0 Å². The molecule has 1 aromatic heterocycles. The Balaban J connectivity index is 2.76. The molecule has 2 nitrogen and oxygen atoms in total. The number of hydrogen-bond donors (Lipinski definition) is 2. The van der Waals surface area contributed by atoms with Crippen molar-refractivity contribution in [1.29, 1.82) is 0 Å². The topological polar surface area (TPSA) is 36.0 Å². The number of hydrogen-bond acceptors (Lipinski definition) is 1. The molecule has 2 radical (unpaired) electrons. The van der Waals surface area contributed by atoms with Gasteiger partial charge in [-0.3, -0.25) is 0 Å². The van der Waals surface area contributed by atoms with Crippen LogP contribution in [0.3, 0.4) is 0 Å². The molecule has 0 aliphatic heterocycles. The third-order valence-corrected chi connectivity index (χ3v) is 1.27. The van der Waals surface area contributed by atoms with Gasteiger partial charge in [-0.15, -0.1) is 0 Å². The van der Waals surface area contributed by atoms with Crippen molar-refractivity contribution in [2.24, 2.45) is 0 Å². The van der Waals surface area contributed by atoms with Crippen LogP contribution in [0.25, 0.3) is 0 Å². The third kappa shape index (κ3) is 0.912. The first-order valence-electron chi connectivity index (χ1n) is 1.97. The lowest BCUT2D eigenvalue weighted by atomic mass is 10.7. The van der Waals surface area contributed by atoms with Crippen molar-refractivity contribution in [1.82, 2.24) is 4.98 Å². The van der Waals surface area contributed by atoms with Gasteiger partial charge in [0.25, 0.3) is 9.76 Å². The monoisotopic (exact) mass is 111 g/mol. The minimum absolute atomic E-state index is 0.101. The van der Waals surface area contributed by atoms with Crippen LogP contribution in [0.4, 0.5) is 0 Å². The van der Waals surface area contributed by atoms with E-state index in [0.29, 0.717) is 0 Å². The molecular formula is C4H5NOSi. The molecule has 0 aliphatic carbocycles. The first-order chi connectivity index (χ1) is 3.43. The molecule has 0 amide bonds. The maximum absolute atomic E-state index is 8.42. The average molecular weight is 111 g/mol. The van der Waals surface area contributed by atoms with Gasteiger partial charge in [0.1, 0.15) is 0 Å². The molecule has 0 saturated carbocycles. The van der Waals surface area contributed by atoms with Crippen molar-refractivity contribution >= 4 is 15.1 Å². The van der Waals surface area contributed by atoms with Gasteiger partial charge in [0.15, 0.2) is 0 Å². The zero-order chi connectivity index (χ0) is 5.11. The highest BCUT2D eigenvalue weighted by molar-refractivity contribution is 6.44. The lowest BCUT2D eigenvalue weighted by molar-refractivity contribution is 0.614. The molecule has 0 bridgehead atoms. The lowest BCUT2D eigenvalue weighted by Gasteiger charge is -1.77. The third-order valence-electron chi connectivity index (χ3n) is 0.718. The van der Waals surface area contributed by atoms with Gasteiger partial charge in [0.2, 0.25) is 0 Å². The number of aromatic nitrogens is 1. The van der Waals surface area contributed by atoms with Gasteiger partial charge in [0.05, 0.1) is 0 Å². The van der Waals surface area contributed by atoms with E-state index in [1.807, 2.05) is 12.1 Å². The highest BCUT2D eigenvalue weighted by atomic mass is 28.2. The molecule has 0 saturated heterocycles. The Morgan fingerprint density at radius 1 is 1.71 bits per heavy atom. The second kappa shape index (κ2) is 1.95. The summed E-state index contributed by atoms with van der Waals surface area (Å²) >= 11 is 0. The zero-order valence-electron chi connectivity index (χ0n) is 3.68. The van der Waals surface area contributed by atoms with E-state index in [9.17, 15) is 0 Å². The second-order valence-corrected chi connectivity index (χ2v) is 1.96. The molecule has 1 aromatic rings. The summed E-state index contributed by atoms with van der Waals surface area (Å²) < 4.78 is 0. The van der Waals surface area contributed by atoms with E-state index in [2.05, 4.69) is 4.98 Å². The first kappa shape index (κ1) is 4.61. The van der Waals surface area contributed by atoms with Crippen LogP contribution >= 0.6 is 0 Å². The van der Waals surface area contributed by atoms with Crippen molar-refractivity contribution in [3.8, 4) is 0 Å². The summed E-state index contributed by atoms with van der Waals surface area (Å²) in [5.41, 5.74) is 0. The minimum atomic E-state index is -0.101. The molecule has 0 atom stereocenters. The van der Waals surface area contributed by atoms with Gasteiger partial charge in [-0.05, 0) is 12.1 Å². The van der Waals surface area contributed by atoms with Crippen LogP contribution in [0.1, 0.15) is 0 Å². The number of aromatic amines is 1. The summed E-state index contributed by atoms with van der Waals surface area (Å²) in [5, 5.41) is 0.889. The predicted molar refractivity (Wildman–Crippen MR) is 28.4 cm³/mol. The van der Waals surface area contributed by atoms with Gasteiger partial charge < -0.3 is 9.78 Å². The molecule has 0 aromatic carbocycles. The predicted octanol–water partition coefficient (Wildman–Crippen LogP) is -0.749. The van der Waals surface area contributed by atoms with E-state index in [4.69, 9.17) is 4.80 Å². The standard InChI is InChI=1S/C4H5NOSi/c6-7-4-2-1-3-5-4/h1-3,5-6H. The molecule has 0 spiro atoms. The Bertz CT molecular complexity index is 126. The van der Waals surface area contributed by atoms with E-state index < -0.39 is 0 Å². The van der Waals surface area contributed by atoms with E-state index in [0.717, 1.165) is 5.32 Å². The summed E-state index contributed by atoms with van der Waals surface area (Å²) in [5.74, 6) is 0. The molecular weight excluding hydrogens is 106 g/mol. The van der Waals surface area contributed by atoms with Crippen LogP contribution < -0.4 is 5.32 Å². The van der Waals surface area contributed by atoms with Crippen LogP contribution in [0.5, 0.6) is 0 Å². The number of rotatable bonds is 1. The highest BCUT2D eigenvalue weighted by Gasteiger charge is 1.86. The normalized spacial score (nSPS) is 9.29. The van der Waals surface area contributed by atoms with E-state index >= 15 is 0 Å². The molecule has 7 heavy (non-hydrogen) atoms. The summed E-state index contributed by atoms with van der Waals surface area (Å²) in [6.45, 7) is 0. The molecule has 2 N–H and O–H groups in total. The molecule has 36 valence electrons. The summed E-state index contributed by atoms with van der Waals surface area (Å²) in [7, 11) is -0.101. The molecule has 1 rings (SSSR count). The lowest BCUT2D eigenvalue weighted by Crippen LogP contribution is -2.12. The van der Waals surface area contributed by atoms with Crippen LogP contribution in [-0.4, -0.2) is 19.5 Å². The van der Waals surface area contributed by atoms with E-state index in [-0.39, 0.29) is 9.76 Å². The fraction of sp³-hybridized carbons (Fsp3) is 0. The number of nitrogens with one attached hydrogen (secondary N) is 1. The Hall–Kier alpha value is -0.543. The SMILES string of the molecule is O[Si]c1ccc[nH]1. The molecule has 0 unspecified atom stereocenters. The van der Waals surface area contributed by atoms with Crippen molar-refractivity contribution < 1.29 is 4.80 Å². The Labute approximate surface area is 44.1 Å². The molecule has 1 heterocycles. The Morgan fingerprint density at radius 3 is 2.86 bits per heavy atom. The van der Waals surface area contributed by atoms with E-state index in [1.165, 1.54) is 0 Å². The largest absolute Gasteiger partial charge is 0.427 e. The maximum atomic E-state index is 8.42.